The number of hydrogen-bond acceptors (Lipinski definition) is 3. The second kappa shape index (κ2) is 9.07. The first-order chi connectivity index (χ1) is 11.5. The van der Waals surface area contributed by atoms with Gasteiger partial charge in [0.1, 0.15) is 5.75 Å². The molecule has 1 aliphatic rings. The van der Waals surface area contributed by atoms with Crippen molar-refractivity contribution in [2.45, 2.75) is 40.0 Å². The largest absolute Gasteiger partial charge is 0.483 e. The molecule has 0 spiro atoms. The maximum Gasteiger partial charge on any atom is 0.260 e. The first-order valence-electron chi connectivity index (χ1n) is 9.23. The van der Waals surface area contributed by atoms with Gasteiger partial charge in [-0.15, -0.1) is 0 Å². The van der Waals surface area contributed by atoms with E-state index in [0.29, 0.717) is 11.8 Å². The maximum absolute atomic E-state index is 12.4. The van der Waals surface area contributed by atoms with Crippen LogP contribution < -0.4 is 4.74 Å². The van der Waals surface area contributed by atoms with Crippen LogP contribution in [0.15, 0.2) is 24.3 Å². The molecule has 1 saturated heterocycles. The van der Waals surface area contributed by atoms with Crippen LogP contribution in [0.1, 0.15) is 45.6 Å². The third-order valence-corrected chi connectivity index (χ3v) is 4.76. The second-order valence-electron chi connectivity index (χ2n) is 7.21. The highest BCUT2D eigenvalue weighted by atomic mass is 16.5. The van der Waals surface area contributed by atoms with Gasteiger partial charge >= 0.3 is 0 Å². The molecule has 0 saturated carbocycles. The molecule has 1 atom stereocenters. The third kappa shape index (κ3) is 5.23. The van der Waals surface area contributed by atoms with Crippen LogP contribution >= 0.6 is 0 Å². The number of piperazine rings is 1. The van der Waals surface area contributed by atoms with E-state index in [2.05, 4.69) is 38.7 Å². The van der Waals surface area contributed by atoms with Crippen LogP contribution in [-0.4, -0.2) is 55.0 Å². The molecule has 1 unspecified atom stereocenters. The molecule has 0 aromatic heterocycles. The van der Waals surface area contributed by atoms with E-state index < -0.39 is 0 Å². The number of rotatable bonds is 7. The van der Waals surface area contributed by atoms with Gasteiger partial charge in [-0.25, -0.2) is 0 Å². The fourth-order valence-corrected chi connectivity index (χ4v) is 3.17. The van der Waals surface area contributed by atoms with Gasteiger partial charge in [0, 0.05) is 32.7 Å². The highest BCUT2D eigenvalue weighted by Gasteiger charge is 2.22. The van der Waals surface area contributed by atoms with Gasteiger partial charge in [-0.05, 0) is 29.9 Å². The van der Waals surface area contributed by atoms with Crippen LogP contribution in [0, 0.1) is 5.92 Å². The Morgan fingerprint density at radius 1 is 1.12 bits per heavy atom. The number of hydrogen-bond donors (Lipinski definition) is 0. The van der Waals surface area contributed by atoms with E-state index in [4.69, 9.17) is 4.74 Å². The summed E-state index contributed by atoms with van der Waals surface area (Å²) in [7, 11) is 0. The summed E-state index contributed by atoms with van der Waals surface area (Å²) in [5.74, 6) is 2.06. The van der Waals surface area contributed by atoms with Gasteiger partial charge in [0.15, 0.2) is 6.61 Å². The molecule has 4 nitrogen and oxygen atoms in total. The van der Waals surface area contributed by atoms with Crippen molar-refractivity contribution in [2.24, 2.45) is 5.92 Å². The molecule has 24 heavy (non-hydrogen) atoms. The first kappa shape index (κ1) is 18.8. The predicted octanol–water partition coefficient (Wildman–Crippen LogP) is 3.38. The van der Waals surface area contributed by atoms with Crippen LogP contribution in [0.25, 0.3) is 0 Å². The Bertz CT molecular complexity index is 522. The summed E-state index contributed by atoms with van der Waals surface area (Å²) in [5.41, 5.74) is 1.19. The minimum Gasteiger partial charge on any atom is -0.483 e. The number of amides is 1. The normalized spacial score (nSPS) is 17.1. The molecular formula is C20H32N2O2. The molecule has 1 fully saturated rings. The molecule has 1 aromatic rings. The molecule has 0 aliphatic carbocycles. The summed E-state index contributed by atoms with van der Waals surface area (Å²) in [6, 6.07) is 8.06. The van der Waals surface area contributed by atoms with Gasteiger partial charge in [-0.1, -0.05) is 45.9 Å². The molecule has 1 aromatic carbocycles. The third-order valence-electron chi connectivity index (χ3n) is 4.76. The second-order valence-corrected chi connectivity index (χ2v) is 7.21. The Morgan fingerprint density at radius 3 is 2.42 bits per heavy atom. The van der Waals surface area contributed by atoms with Crippen LogP contribution in [0.4, 0.5) is 0 Å². The molecule has 2 rings (SSSR count). The smallest absolute Gasteiger partial charge is 0.260 e. The first-order valence-corrected chi connectivity index (χ1v) is 9.23. The number of carbonyl (C=O) groups is 1. The van der Waals surface area contributed by atoms with Gasteiger partial charge in [0.2, 0.25) is 0 Å². The summed E-state index contributed by atoms with van der Waals surface area (Å²) in [5, 5.41) is 0. The van der Waals surface area contributed by atoms with E-state index in [-0.39, 0.29) is 12.5 Å². The van der Waals surface area contributed by atoms with E-state index in [1.54, 1.807) is 0 Å². The lowest BCUT2D eigenvalue weighted by Crippen LogP contribution is -2.50. The lowest BCUT2D eigenvalue weighted by atomic mass is 9.98. The van der Waals surface area contributed by atoms with Crippen LogP contribution in [0.3, 0.4) is 0 Å². The zero-order valence-corrected chi connectivity index (χ0v) is 15.6. The number of carbonyl (C=O) groups excluding carboxylic acids is 1. The Morgan fingerprint density at radius 2 is 1.79 bits per heavy atom. The summed E-state index contributed by atoms with van der Waals surface area (Å²) in [6.45, 7) is 13.6. The number of benzene rings is 1. The lowest BCUT2D eigenvalue weighted by Gasteiger charge is -2.35. The van der Waals surface area contributed by atoms with E-state index >= 15 is 0 Å². The SMILES string of the molecule is CCC(C)c1ccccc1OCC(=O)N1CCN(CC(C)C)CC1. The zero-order chi connectivity index (χ0) is 17.5. The van der Waals surface area contributed by atoms with E-state index in [1.165, 1.54) is 5.56 Å². The minimum atomic E-state index is 0.0955. The lowest BCUT2D eigenvalue weighted by molar-refractivity contribution is -0.135. The van der Waals surface area contributed by atoms with Gasteiger partial charge in [0.25, 0.3) is 5.91 Å². The van der Waals surface area contributed by atoms with Crippen LogP contribution in [0.5, 0.6) is 5.75 Å². The number of ether oxygens (including phenoxy) is 1. The molecule has 0 bridgehead atoms. The van der Waals surface area contributed by atoms with Crippen molar-refractivity contribution in [3.8, 4) is 5.75 Å². The fourth-order valence-electron chi connectivity index (χ4n) is 3.17. The minimum absolute atomic E-state index is 0.0955. The fraction of sp³-hybridized carbons (Fsp3) is 0.650. The number of para-hydroxylation sites is 1. The Balaban J connectivity index is 1.84. The van der Waals surface area contributed by atoms with Crippen molar-refractivity contribution < 1.29 is 9.53 Å². The van der Waals surface area contributed by atoms with Gasteiger partial charge in [-0.3, -0.25) is 9.69 Å². The summed E-state index contributed by atoms with van der Waals surface area (Å²) >= 11 is 0. The molecule has 4 heteroatoms. The monoisotopic (exact) mass is 332 g/mol. The highest BCUT2D eigenvalue weighted by Crippen LogP contribution is 2.28. The zero-order valence-electron chi connectivity index (χ0n) is 15.6. The molecule has 1 amide bonds. The van der Waals surface area contributed by atoms with Crippen LogP contribution in [0.2, 0.25) is 0 Å². The Kier molecular flexibility index (Phi) is 7.10. The summed E-state index contributed by atoms with van der Waals surface area (Å²) < 4.78 is 5.86. The molecular weight excluding hydrogens is 300 g/mol. The van der Waals surface area contributed by atoms with Crippen LogP contribution in [-0.2, 0) is 4.79 Å². The van der Waals surface area contributed by atoms with E-state index in [9.17, 15) is 4.79 Å². The van der Waals surface area contributed by atoms with Crippen molar-refractivity contribution in [2.75, 3.05) is 39.3 Å². The van der Waals surface area contributed by atoms with Crippen molar-refractivity contribution in [1.82, 2.24) is 9.80 Å². The molecule has 134 valence electrons. The van der Waals surface area contributed by atoms with E-state index in [0.717, 1.165) is 44.9 Å². The van der Waals surface area contributed by atoms with E-state index in [1.807, 2.05) is 23.1 Å². The average Bonchev–Trinajstić information content (AvgIpc) is 2.59. The van der Waals surface area contributed by atoms with Gasteiger partial charge in [-0.2, -0.15) is 0 Å². The van der Waals surface area contributed by atoms with Crippen molar-refractivity contribution in [1.29, 1.82) is 0 Å². The topological polar surface area (TPSA) is 32.8 Å². The molecule has 1 heterocycles. The van der Waals surface area contributed by atoms with Crippen molar-refractivity contribution in [3.05, 3.63) is 29.8 Å². The molecule has 0 radical (unpaired) electrons. The Labute approximate surface area is 146 Å². The van der Waals surface area contributed by atoms with Gasteiger partial charge < -0.3 is 9.64 Å². The summed E-state index contributed by atoms with van der Waals surface area (Å²) in [4.78, 5) is 16.8. The standard InChI is InChI=1S/C20H32N2O2/c1-5-17(4)18-8-6-7-9-19(18)24-15-20(23)22-12-10-21(11-13-22)14-16(2)3/h6-9,16-17H,5,10-15H2,1-4H3. The molecule has 1 aliphatic heterocycles. The Hall–Kier alpha value is -1.55. The summed E-state index contributed by atoms with van der Waals surface area (Å²) in [6.07, 6.45) is 1.06. The average molecular weight is 332 g/mol. The quantitative estimate of drug-likeness (QED) is 0.767. The van der Waals surface area contributed by atoms with Crippen molar-refractivity contribution >= 4 is 5.91 Å². The predicted molar refractivity (Wildman–Crippen MR) is 98.5 cm³/mol. The maximum atomic E-state index is 12.4. The van der Waals surface area contributed by atoms with Crippen molar-refractivity contribution in [3.63, 3.8) is 0 Å². The van der Waals surface area contributed by atoms with Gasteiger partial charge in [0.05, 0.1) is 0 Å². The molecule has 0 N–H and O–H groups in total. The number of nitrogens with zero attached hydrogens (tertiary/aromatic N) is 2. The highest BCUT2D eigenvalue weighted by molar-refractivity contribution is 5.78.